The standard InChI is InChI=1S/C22H19F2N3O3.C2H6/c1-25-21-17(22(13-28)7-3-8-22)11-15(12-20(21)27(29)30)26-9-2-4-19(26)16-6-5-14(23)10-18(16)24;1-2/h2,4-6,9-13,25H,3,7-8H2,1H3;1-2H3. The van der Waals surface area contributed by atoms with Gasteiger partial charge in [-0.2, -0.15) is 0 Å². The summed E-state index contributed by atoms with van der Waals surface area (Å²) in [4.78, 5) is 23.2. The zero-order valence-corrected chi connectivity index (χ0v) is 18.2. The van der Waals surface area contributed by atoms with Crippen molar-refractivity contribution >= 4 is 17.7 Å². The highest BCUT2D eigenvalue weighted by atomic mass is 19.1. The molecule has 32 heavy (non-hydrogen) atoms. The minimum Gasteiger partial charge on any atom is -0.382 e. The molecule has 0 radical (unpaired) electrons. The second-order valence-corrected chi connectivity index (χ2v) is 7.41. The van der Waals surface area contributed by atoms with Crippen LogP contribution in [0.3, 0.4) is 0 Å². The van der Waals surface area contributed by atoms with Crippen molar-refractivity contribution in [1.29, 1.82) is 0 Å². The Balaban J connectivity index is 0.00000141. The molecule has 1 fully saturated rings. The van der Waals surface area contributed by atoms with Gasteiger partial charge in [0.2, 0.25) is 0 Å². The van der Waals surface area contributed by atoms with Crippen LogP contribution in [0.5, 0.6) is 0 Å². The zero-order valence-electron chi connectivity index (χ0n) is 18.2. The number of nitrogens with one attached hydrogen (secondary N) is 1. The van der Waals surface area contributed by atoms with Crippen molar-refractivity contribution in [2.45, 2.75) is 38.5 Å². The first-order valence-electron chi connectivity index (χ1n) is 10.5. The molecule has 6 nitrogen and oxygen atoms in total. The number of nitro benzene ring substituents is 1. The number of benzene rings is 2. The predicted octanol–water partition coefficient (Wildman–Crippen LogP) is 6.02. The van der Waals surface area contributed by atoms with Crippen LogP contribution in [0.15, 0.2) is 48.7 Å². The second kappa shape index (κ2) is 9.30. The number of anilines is 1. The molecule has 1 aromatic heterocycles. The molecule has 4 rings (SSSR count). The number of carbonyl (C=O) groups is 1. The molecule has 0 saturated heterocycles. The predicted molar refractivity (Wildman–Crippen MR) is 120 cm³/mol. The molecule has 0 amide bonds. The maximum atomic E-state index is 14.4. The summed E-state index contributed by atoms with van der Waals surface area (Å²) in [6.07, 6.45) is 4.58. The van der Waals surface area contributed by atoms with Crippen LogP contribution in [0.25, 0.3) is 16.9 Å². The minimum atomic E-state index is -0.784. The first kappa shape index (κ1) is 23.1. The highest BCUT2D eigenvalue weighted by molar-refractivity contribution is 5.81. The largest absolute Gasteiger partial charge is 0.382 e. The lowest BCUT2D eigenvalue weighted by Crippen LogP contribution is -2.36. The molecule has 0 spiro atoms. The van der Waals surface area contributed by atoms with Crippen molar-refractivity contribution in [1.82, 2.24) is 4.57 Å². The van der Waals surface area contributed by atoms with Gasteiger partial charge in [0.25, 0.3) is 5.69 Å². The smallest absolute Gasteiger partial charge is 0.294 e. The Bertz CT molecular complexity index is 1150. The van der Waals surface area contributed by atoms with Crippen LogP contribution in [-0.4, -0.2) is 22.8 Å². The fourth-order valence-electron chi connectivity index (χ4n) is 4.08. The normalized spacial score (nSPS) is 14.0. The number of hydrogen-bond donors (Lipinski definition) is 1. The van der Waals surface area contributed by atoms with Crippen molar-refractivity contribution in [3.8, 4) is 16.9 Å². The van der Waals surface area contributed by atoms with E-state index in [4.69, 9.17) is 0 Å². The molecule has 0 unspecified atom stereocenters. The van der Waals surface area contributed by atoms with Gasteiger partial charge in [0.1, 0.15) is 23.6 Å². The summed E-state index contributed by atoms with van der Waals surface area (Å²) < 4.78 is 29.3. The molecule has 0 aliphatic heterocycles. The molecule has 8 heteroatoms. The molecule has 168 valence electrons. The number of nitrogens with zero attached hydrogens (tertiary/aromatic N) is 2. The van der Waals surface area contributed by atoms with Gasteiger partial charge in [-0.25, -0.2) is 8.78 Å². The average molecular weight is 441 g/mol. The third-order valence-corrected chi connectivity index (χ3v) is 5.79. The Hall–Kier alpha value is -3.55. The van der Waals surface area contributed by atoms with Crippen LogP contribution in [0.4, 0.5) is 20.2 Å². The van der Waals surface area contributed by atoms with Gasteiger partial charge in [0.15, 0.2) is 0 Å². The van der Waals surface area contributed by atoms with Crippen LogP contribution in [0.1, 0.15) is 38.7 Å². The minimum absolute atomic E-state index is 0.164. The van der Waals surface area contributed by atoms with E-state index in [0.717, 1.165) is 24.8 Å². The summed E-state index contributed by atoms with van der Waals surface area (Å²) in [6.45, 7) is 4.00. The number of aldehydes is 1. The summed E-state index contributed by atoms with van der Waals surface area (Å²) in [5.41, 5.74) is 0.903. The van der Waals surface area contributed by atoms with Crippen molar-refractivity contribution in [3.63, 3.8) is 0 Å². The SMILES string of the molecule is CC.CNc1c([N+](=O)[O-])cc(-n2cccc2-c2ccc(F)cc2F)cc1C1(C=O)CCC1. The lowest BCUT2D eigenvalue weighted by Gasteiger charge is -2.38. The van der Waals surface area contributed by atoms with Crippen molar-refractivity contribution in [3.05, 3.63) is 76.0 Å². The van der Waals surface area contributed by atoms with Crippen LogP contribution in [0, 0.1) is 21.7 Å². The number of aromatic nitrogens is 1. The molecule has 0 bridgehead atoms. The number of nitro groups is 1. The van der Waals surface area contributed by atoms with Crippen LogP contribution in [0.2, 0.25) is 0 Å². The summed E-state index contributed by atoms with van der Waals surface area (Å²) in [5.74, 6) is -1.43. The summed E-state index contributed by atoms with van der Waals surface area (Å²) in [5, 5.41) is 14.7. The zero-order chi connectivity index (χ0) is 23.5. The third-order valence-electron chi connectivity index (χ3n) is 5.79. The highest BCUT2D eigenvalue weighted by Crippen LogP contribution is 2.48. The van der Waals surface area contributed by atoms with Crippen LogP contribution < -0.4 is 5.32 Å². The van der Waals surface area contributed by atoms with Crippen LogP contribution >= 0.6 is 0 Å². The van der Waals surface area contributed by atoms with Crippen molar-refractivity contribution < 1.29 is 18.5 Å². The van der Waals surface area contributed by atoms with Gasteiger partial charge in [-0.05, 0) is 48.7 Å². The number of halogens is 2. The van der Waals surface area contributed by atoms with E-state index < -0.39 is 22.0 Å². The van der Waals surface area contributed by atoms with E-state index >= 15 is 0 Å². The van der Waals surface area contributed by atoms with Gasteiger partial charge >= 0.3 is 0 Å². The van der Waals surface area contributed by atoms with Gasteiger partial charge in [-0.1, -0.05) is 20.3 Å². The van der Waals surface area contributed by atoms with E-state index in [1.165, 1.54) is 12.1 Å². The number of rotatable bonds is 6. The van der Waals surface area contributed by atoms with Crippen molar-refractivity contribution in [2.75, 3.05) is 12.4 Å². The maximum Gasteiger partial charge on any atom is 0.294 e. The fourth-order valence-corrected chi connectivity index (χ4v) is 4.08. The summed E-state index contributed by atoms with van der Waals surface area (Å²) >= 11 is 0. The molecular weight excluding hydrogens is 416 g/mol. The first-order valence-corrected chi connectivity index (χ1v) is 10.5. The van der Waals surface area contributed by atoms with Gasteiger partial charge in [0.05, 0.1) is 21.7 Å². The van der Waals surface area contributed by atoms with E-state index in [1.54, 1.807) is 36.0 Å². The molecule has 1 N–H and O–H groups in total. The van der Waals surface area contributed by atoms with Gasteiger partial charge in [0, 0.05) is 30.9 Å². The van der Waals surface area contributed by atoms with Crippen LogP contribution in [-0.2, 0) is 10.2 Å². The Labute approximate surface area is 185 Å². The Morgan fingerprint density at radius 3 is 2.41 bits per heavy atom. The molecule has 1 saturated carbocycles. The summed E-state index contributed by atoms with van der Waals surface area (Å²) in [7, 11) is 1.58. The second-order valence-electron chi connectivity index (χ2n) is 7.41. The molecule has 1 heterocycles. The quantitative estimate of drug-likeness (QED) is 0.288. The van der Waals surface area contributed by atoms with E-state index in [1.807, 2.05) is 13.8 Å². The van der Waals surface area contributed by atoms with E-state index in [9.17, 15) is 23.7 Å². The Morgan fingerprint density at radius 2 is 1.88 bits per heavy atom. The third kappa shape index (κ3) is 3.88. The van der Waals surface area contributed by atoms with E-state index in [2.05, 4.69) is 5.32 Å². The van der Waals surface area contributed by atoms with Gasteiger partial charge < -0.3 is 14.7 Å². The average Bonchev–Trinajstić information content (AvgIpc) is 3.23. The number of hydrogen-bond acceptors (Lipinski definition) is 4. The fraction of sp³-hybridized carbons (Fsp3) is 0.292. The molecular formula is C24H25F2N3O3. The molecule has 3 aromatic rings. The Kier molecular flexibility index (Phi) is 6.72. The van der Waals surface area contributed by atoms with Crippen molar-refractivity contribution in [2.24, 2.45) is 0 Å². The molecule has 0 atom stereocenters. The topological polar surface area (TPSA) is 77.2 Å². The van der Waals surface area contributed by atoms with Gasteiger partial charge in [-0.15, -0.1) is 0 Å². The lowest BCUT2D eigenvalue weighted by atomic mass is 9.65. The number of carbonyl (C=O) groups excluding carboxylic acids is 1. The molecule has 1 aliphatic carbocycles. The first-order chi connectivity index (χ1) is 15.4. The van der Waals surface area contributed by atoms with Gasteiger partial charge in [-0.3, -0.25) is 10.1 Å². The lowest BCUT2D eigenvalue weighted by molar-refractivity contribution is -0.384. The van der Waals surface area contributed by atoms with E-state index in [0.29, 0.717) is 35.5 Å². The Morgan fingerprint density at radius 1 is 1.16 bits per heavy atom. The van der Waals surface area contributed by atoms with E-state index in [-0.39, 0.29) is 11.3 Å². The maximum absolute atomic E-state index is 14.4. The molecule has 1 aliphatic rings. The highest BCUT2D eigenvalue weighted by Gasteiger charge is 2.42. The molecule has 2 aromatic carbocycles. The monoisotopic (exact) mass is 441 g/mol. The summed E-state index contributed by atoms with van der Waals surface area (Å²) in [6, 6.07) is 9.71.